The molecule has 2 heteroatoms. The van der Waals surface area contributed by atoms with Crippen LogP contribution in [-0.4, -0.2) is 6.54 Å². The highest BCUT2D eigenvalue weighted by Gasteiger charge is 2.20. The molecule has 2 aromatic rings. The van der Waals surface area contributed by atoms with Crippen molar-refractivity contribution >= 4 is 11.0 Å². The third kappa shape index (κ3) is 2.44. The van der Waals surface area contributed by atoms with E-state index in [-0.39, 0.29) is 0 Å². The van der Waals surface area contributed by atoms with Gasteiger partial charge in [-0.1, -0.05) is 38.0 Å². The lowest BCUT2D eigenvalue weighted by Gasteiger charge is -2.04. The fourth-order valence-corrected chi connectivity index (χ4v) is 2.55. The highest BCUT2D eigenvalue weighted by atomic mass is 16.3. The van der Waals surface area contributed by atoms with Crippen LogP contribution in [-0.2, 0) is 13.0 Å². The van der Waals surface area contributed by atoms with Crippen LogP contribution in [0.5, 0.6) is 0 Å². The van der Waals surface area contributed by atoms with Crippen molar-refractivity contribution in [2.24, 2.45) is 5.92 Å². The molecule has 1 aromatic carbocycles. The molecule has 96 valence electrons. The Balaban J connectivity index is 1.71. The molecule has 1 aliphatic carbocycles. The van der Waals surface area contributed by atoms with Crippen molar-refractivity contribution in [2.75, 3.05) is 6.54 Å². The number of rotatable bonds is 6. The normalized spacial score (nSPS) is 15.4. The Kier molecular flexibility index (Phi) is 3.37. The topological polar surface area (TPSA) is 25.2 Å². The summed E-state index contributed by atoms with van der Waals surface area (Å²) < 4.78 is 5.90. The molecule has 1 heterocycles. The van der Waals surface area contributed by atoms with E-state index >= 15 is 0 Å². The first-order valence-corrected chi connectivity index (χ1v) is 7.08. The van der Waals surface area contributed by atoms with Gasteiger partial charge in [-0.05, 0) is 24.9 Å². The minimum Gasteiger partial charge on any atom is -0.461 e. The molecule has 1 aliphatic rings. The van der Waals surface area contributed by atoms with Crippen LogP contribution in [0, 0.1) is 5.92 Å². The van der Waals surface area contributed by atoms with E-state index in [0.29, 0.717) is 0 Å². The maximum absolute atomic E-state index is 5.90. The van der Waals surface area contributed by atoms with Gasteiger partial charge in [0, 0.05) is 23.9 Å². The van der Waals surface area contributed by atoms with Gasteiger partial charge >= 0.3 is 0 Å². The summed E-state index contributed by atoms with van der Waals surface area (Å²) in [5, 5.41) is 4.84. The summed E-state index contributed by atoms with van der Waals surface area (Å²) in [4.78, 5) is 0. The van der Waals surface area contributed by atoms with Crippen LogP contribution in [0.25, 0.3) is 11.0 Å². The van der Waals surface area contributed by atoms with Gasteiger partial charge in [0.2, 0.25) is 0 Å². The van der Waals surface area contributed by atoms with Crippen LogP contribution >= 0.6 is 0 Å². The number of furan rings is 1. The molecule has 18 heavy (non-hydrogen) atoms. The predicted octanol–water partition coefficient (Wildman–Crippen LogP) is 3.88. The van der Waals surface area contributed by atoms with Crippen molar-refractivity contribution in [3.05, 3.63) is 35.6 Å². The lowest BCUT2D eigenvalue weighted by molar-refractivity contribution is 0.540. The second-order valence-electron chi connectivity index (χ2n) is 5.26. The Morgan fingerprint density at radius 2 is 2.11 bits per heavy atom. The molecule has 1 fully saturated rings. The van der Waals surface area contributed by atoms with Crippen molar-refractivity contribution in [3.63, 3.8) is 0 Å². The van der Waals surface area contributed by atoms with E-state index in [1.54, 1.807) is 0 Å². The zero-order valence-electron chi connectivity index (χ0n) is 11.0. The monoisotopic (exact) mass is 243 g/mol. The van der Waals surface area contributed by atoms with Crippen LogP contribution < -0.4 is 5.32 Å². The first-order chi connectivity index (χ1) is 8.88. The van der Waals surface area contributed by atoms with Crippen molar-refractivity contribution in [1.82, 2.24) is 5.32 Å². The minimum atomic E-state index is 0.937. The zero-order valence-corrected chi connectivity index (χ0v) is 11.0. The fraction of sp³-hybridized carbons (Fsp3) is 0.500. The molecule has 0 unspecified atom stereocenters. The van der Waals surface area contributed by atoms with E-state index in [0.717, 1.165) is 36.8 Å². The van der Waals surface area contributed by atoms with Crippen LogP contribution in [0.4, 0.5) is 0 Å². The average molecular weight is 243 g/mol. The summed E-state index contributed by atoms with van der Waals surface area (Å²) in [6.07, 6.45) is 5.18. The average Bonchev–Trinajstić information content (AvgIpc) is 3.15. The summed E-state index contributed by atoms with van der Waals surface area (Å²) in [7, 11) is 0. The molecule has 1 aromatic heterocycles. The number of aryl methyl sites for hydroxylation is 1. The van der Waals surface area contributed by atoms with Gasteiger partial charge in [-0.15, -0.1) is 0 Å². The molecule has 0 spiro atoms. The van der Waals surface area contributed by atoms with E-state index < -0.39 is 0 Å². The summed E-state index contributed by atoms with van der Waals surface area (Å²) >= 11 is 0. The summed E-state index contributed by atoms with van der Waals surface area (Å²) in [5.74, 6) is 2.14. The van der Waals surface area contributed by atoms with Gasteiger partial charge in [-0.25, -0.2) is 0 Å². The van der Waals surface area contributed by atoms with Gasteiger partial charge in [0.25, 0.3) is 0 Å². The lowest BCUT2D eigenvalue weighted by atomic mass is 10.1. The molecule has 0 bridgehead atoms. The molecule has 0 aliphatic heterocycles. The molecule has 3 rings (SSSR count). The first-order valence-electron chi connectivity index (χ1n) is 7.08. The van der Waals surface area contributed by atoms with Crippen LogP contribution in [0.15, 0.2) is 28.7 Å². The fourth-order valence-electron chi connectivity index (χ4n) is 2.55. The summed E-state index contributed by atoms with van der Waals surface area (Å²) in [5.41, 5.74) is 2.37. The second-order valence-corrected chi connectivity index (χ2v) is 5.26. The van der Waals surface area contributed by atoms with E-state index in [4.69, 9.17) is 4.42 Å². The van der Waals surface area contributed by atoms with Gasteiger partial charge in [0.15, 0.2) is 0 Å². The quantitative estimate of drug-likeness (QED) is 0.779. The SMILES string of the molecule is CCc1oc2ccccc2c1CNCCC1CC1. The van der Waals surface area contributed by atoms with E-state index in [1.807, 2.05) is 6.07 Å². The van der Waals surface area contributed by atoms with Gasteiger partial charge in [-0.3, -0.25) is 0 Å². The molecule has 0 radical (unpaired) electrons. The number of hydrogen-bond acceptors (Lipinski definition) is 2. The number of para-hydroxylation sites is 1. The van der Waals surface area contributed by atoms with E-state index in [1.165, 1.54) is 30.2 Å². The van der Waals surface area contributed by atoms with Crippen LogP contribution in [0.1, 0.15) is 37.5 Å². The Morgan fingerprint density at radius 1 is 1.28 bits per heavy atom. The molecule has 1 saturated carbocycles. The van der Waals surface area contributed by atoms with Gasteiger partial charge in [-0.2, -0.15) is 0 Å². The standard InChI is InChI=1S/C16H21NO/c1-2-15-14(11-17-10-9-12-7-8-12)13-5-3-4-6-16(13)18-15/h3-6,12,17H,2,7-11H2,1H3. The number of benzene rings is 1. The van der Waals surface area contributed by atoms with Crippen LogP contribution in [0.3, 0.4) is 0 Å². The smallest absolute Gasteiger partial charge is 0.134 e. The zero-order chi connectivity index (χ0) is 12.4. The molecule has 0 amide bonds. The maximum atomic E-state index is 5.90. The Labute approximate surface area is 108 Å². The van der Waals surface area contributed by atoms with Gasteiger partial charge in [0.05, 0.1) is 0 Å². The molecular formula is C16H21NO. The van der Waals surface area contributed by atoms with E-state index in [2.05, 4.69) is 30.4 Å². The maximum Gasteiger partial charge on any atom is 0.134 e. The summed E-state index contributed by atoms with van der Waals surface area (Å²) in [6.45, 7) is 4.23. The highest BCUT2D eigenvalue weighted by Crippen LogP contribution is 2.32. The molecule has 2 nitrogen and oxygen atoms in total. The number of fused-ring (bicyclic) bond motifs is 1. The Bertz CT molecular complexity index is 525. The predicted molar refractivity (Wildman–Crippen MR) is 74.6 cm³/mol. The van der Waals surface area contributed by atoms with Crippen LogP contribution in [0.2, 0.25) is 0 Å². The largest absolute Gasteiger partial charge is 0.461 e. The van der Waals surface area contributed by atoms with Crippen molar-refractivity contribution in [3.8, 4) is 0 Å². The lowest BCUT2D eigenvalue weighted by Crippen LogP contribution is -2.15. The molecule has 0 atom stereocenters. The van der Waals surface area contributed by atoms with Crippen molar-refractivity contribution < 1.29 is 4.42 Å². The molecular weight excluding hydrogens is 222 g/mol. The second kappa shape index (κ2) is 5.15. The third-order valence-corrected chi connectivity index (χ3v) is 3.83. The van der Waals surface area contributed by atoms with Crippen molar-refractivity contribution in [2.45, 2.75) is 39.2 Å². The molecule has 1 N–H and O–H groups in total. The highest BCUT2D eigenvalue weighted by molar-refractivity contribution is 5.82. The third-order valence-electron chi connectivity index (χ3n) is 3.83. The van der Waals surface area contributed by atoms with E-state index in [9.17, 15) is 0 Å². The Hall–Kier alpha value is -1.28. The van der Waals surface area contributed by atoms with Crippen molar-refractivity contribution in [1.29, 1.82) is 0 Å². The minimum absolute atomic E-state index is 0.937. The summed E-state index contributed by atoms with van der Waals surface area (Å²) in [6, 6.07) is 8.35. The van der Waals surface area contributed by atoms with Gasteiger partial charge in [0.1, 0.15) is 11.3 Å². The molecule has 0 saturated heterocycles. The Morgan fingerprint density at radius 3 is 2.89 bits per heavy atom. The number of nitrogens with one attached hydrogen (secondary N) is 1. The first kappa shape index (κ1) is 11.8. The van der Waals surface area contributed by atoms with Gasteiger partial charge < -0.3 is 9.73 Å². The number of hydrogen-bond donors (Lipinski definition) is 1.